The third-order valence-electron chi connectivity index (χ3n) is 3.97. The SMILES string of the molecule is COc1ccc(C(=O)N=c2ccccn2Cc2ccccc2)c(OC)c1. The van der Waals surface area contributed by atoms with Crippen molar-refractivity contribution in [1.29, 1.82) is 0 Å². The van der Waals surface area contributed by atoms with E-state index < -0.39 is 0 Å². The number of ether oxygens (including phenoxy) is 2. The highest BCUT2D eigenvalue weighted by molar-refractivity contribution is 5.97. The van der Waals surface area contributed by atoms with Gasteiger partial charge < -0.3 is 14.0 Å². The number of aromatic nitrogens is 1. The van der Waals surface area contributed by atoms with Gasteiger partial charge in [-0.25, -0.2) is 0 Å². The van der Waals surface area contributed by atoms with Crippen LogP contribution in [-0.4, -0.2) is 24.7 Å². The Hall–Kier alpha value is -3.34. The summed E-state index contributed by atoms with van der Waals surface area (Å²) < 4.78 is 12.4. The molecule has 0 aliphatic carbocycles. The number of nitrogens with zero attached hydrogens (tertiary/aromatic N) is 2. The second-order valence-corrected chi connectivity index (χ2v) is 5.66. The van der Waals surface area contributed by atoms with E-state index in [9.17, 15) is 4.79 Å². The number of rotatable bonds is 5. The molecular weight excluding hydrogens is 328 g/mol. The van der Waals surface area contributed by atoms with E-state index in [4.69, 9.17) is 9.47 Å². The van der Waals surface area contributed by atoms with Gasteiger partial charge >= 0.3 is 0 Å². The van der Waals surface area contributed by atoms with E-state index in [1.165, 1.54) is 7.11 Å². The fraction of sp³-hybridized carbons (Fsp3) is 0.143. The zero-order chi connectivity index (χ0) is 18.4. The molecular formula is C21H20N2O3. The molecule has 1 aromatic heterocycles. The Morgan fingerprint density at radius 1 is 0.962 bits per heavy atom. The summed E-state index contributed by atoms with van der Waals surface area (Å²) in [7, 11) is 3.08. The number of hydrogen-bond donors (Lipinski definition) is 0. The van der Waals surface area contributed by atoms with Gasteiger partial charge in [0.05, 0.1) is 19.8 Å². The van der Waals surface area contributed by atoms with Crippen LogP contribution in [0.2, 0.25) is 0 Å². The quantitative estimate of drug-likeness (QED) is 0.711. The van der Waals surface area contributed by atoms with Crippen LogP contribution in [0.1, 0.15) is 15.9 Å². The van der Waals surface area contributed by atoms with Gasteiger partial charge in [-0.2, -0.15) is 4.99 Å². The van der Waals surface area contributed by atoms with Gasteiger partial charge in [0.15, 0.2) is 0 Å². The van der Waals surface area contributed by atoms with E-state index in [0.29, 0.717) is 29.1 Å². The largest absolute Gasteiger partial charge is 0.497 e. The van der Waals surface area contributed by atoms with E-state index in [0.717, 1.165) is 5.56 Å². The van der Waals surface area contributed by atoms with Crippen LogP contribution in [0.3, 0.4) is 0 Å². The lowest BCUT2D eigenvalue weighted by molar-refractivity contribution is 0.0994. The average Bonchev–Trinajstić information content (AvgIpc) is 2.69. The maximum Gasteiger partial charge on any atom is 0.282 e. The van der Waals surface area contributed by atoms with Crippen molar-refractivity contribution in [2.75, 3.05) is 14.2 Å². The highest BCUT2D eigenvalue weighted by atomic mass is 16.5. The zero-order valence-electron chi connectivity index (χ0n) is 14.8. The molecule has 1 amide bonds. The number of hydrogen-bond acceptors (Lipinski definition) is 3. The van der Waals surface area contributed by atoms with E-state index in [1.807, 2.05) is 59.3 Å². The molecule has 3 aromatic rings. The van der Waals surface area contributed by atoms with Crippen molar-refractivity contribution in [1.82, 2.24) is 4.57 Å². The monoisotopic (exact) mass is 348 g/mol. The first-order valence-corrected chi connectivity index (χ1v) is 8.22. The van der Waals surface area contributed by atoms with Crippen LogP contribution in [0.4, 0.5) is 0 Å². The van der Waals surface area contributed by atoms with Crippen molar-refractivity contribution in [3.05, 3.63) is 89.5 Å². The first-order chi connectivity index (χ1) is 12.7. The Labute approximate surface area is 152 Å². The minimum atomic E-state index is -0.363. The van der Waals surface area contributed by atoms with Crippen molar-refractivity contribution in [2.24, 2.45) is 4.99 Å². The van der Waals surface area contributed by atoms with Crippen molar-refractivity contribution < 1.29 is 14.3 Å². The molecule has 0 aliphatic heterocycles. The Bertz CT molecular complexity index is 962. The summed E-state index contributed by atoms with van der Waals surface area (Å²) in [5, 5.41) is 0. The van der Waals surface area contributed by atoms with Gasteiger partial charge in [-0.1, -0.05) is 36.4 Å². The molecule has 0 spiro atoms. The summed E-state index contributed by atoms with van der Waals surface area (Å²) in [5.74, 6) is 0.693. The molecule has 0 atom stereocenters. The lowest BCUT2D eigenvalue weighted by atomic mass is 10.2. The van der Waals surface area contributed by atoms with E-state index in [1.54, 1.807) is 25.3 Å². The molecule has 132 valence electrons. The standard InChI is InChI=1S/C21H20N2O3/c1-25-17-11-12-18(19(14-17)26-2)21(24)22-20-10-6-7-13-23(20)15-16-8-4-3-5-9-16/h3-14H,15H2,1-2H3. The summed E-state index contributed by atoms with van der Waals surface area (Å²) in [4.78, 5) is 17.0. The van der Waals surface area contributed by atoms with Gasteiger partial charge in [0.25, 0.3) is 5.91 Å². The lowest BCUT2D eigenvalue weighted by Crippen LogP contribution is -2.22. The highest BCUT2D eigenvalue weighted by Crippen LogP contribution is 2.25. The molecule has 1 heterocycles. The van der Waals surface area contributed by atoms with Crippen LogP contribution in [0.15, 0.2) is 77.9 Å². The molecule has 2 aromatic carbocycles. The molecule has 0 bridgehead atoms. The normalized spacial score (nSPS) is 11.2. The molecule has 0 aliphatic rings. The molecule has 3 rings (SSSR count). The van der Waals surface area contributed by atoms with Gasteiger partial charge in [0, 0.05) is 18.8 Å². The summed E-state index contributed by atoms with van der Waals surface area (Å²) in [6, 6.07) is 20.7. The Kier molecular flexibility index (Phi) is 5.49. The minimum Gasteiger partial charge on any atom is -0.497 e. The minimum absolute atomic E-state index is 0.363. The number of carbonyl (C=O) groups excluding carboxylic acids is 1. The molecule has 0 radical (unpaired) electrons. The van der Waals surface area contributed by atoms with Crippen LogP contribution in [0.25, 0.3) is 0 Å². The molecule has 5 heteroatoms. The van der Waals surface area contributed by atoms with E-state index in [-0.39, 0.29) is 5.91 Å². The highest BCUT2D eigenvalue weighted by Gasteiger charge is 2.12. The van der Waals surface area contributed by atoms with Crippen molar-refractivity contribution >= 4 is 5.91 Å². The number of amides is 1. The predicted octanol–water partition coefficient (Wildman–Crippen LogP) is 3.29. The maximum absolute atomic E-state index is 12.7. The van der Waals surface area contributed by atoms with Crippen molar-refractivity contribution in [3.8, 4) is 11.5 Å². The second kappa shape index (κ2) is 8.16. The first-order valence-electron chi connectivity index (χ1n) is 8.22. The van der Waals surface area contributed by atoms with Crippen LogP contribution in [0, 0.1) is 0 Å². The third-order valence-corrected chi connectivity index (χ3v) is 3.97. The summed E-state index contributed by atoms with van der Waals surface area (Å²) in [5.41, 5.74) is 2.11. The molecule has 0 fully saturated rings. The fourth-order valence-electron chi connectivity index (χ4n) is 2.62. The fourth-order valence-corrected chi connectivity index (χ4v) is 2.62. The van der Waals surface area contributed by atoms with Gasteiger partial charge in [0.2, 0.25) is 0 Å². The molecule has 0 unspecified atom stereocenters. The molecule has 0 N–H and O–H groups in total. The van der Waals surface area contributed by atoms with E-state index in [2.05, 4.69) is 4.99 Å². The van der Waals surface area contributed by atoms with Crippen LogP contribution < -0.4 is 15.0 Å². The van der Waals surface area contributed by atoms with E-state index >= 15 is 0 Å². The van der Waals surface area contributed by atoms with Crippen LogP contribution in [-0.2, 0) is 6.54 Å². The summed E-state index contributed by atoms with van der Waals surface area (Å²) in [6.07, 6.45) is 1.91. The number of carbonyl (C=O) groups is 1. The number of methoxy groups -OCH3 is 2. The molecule has 26 heavy (non-hydrogen) atoms. The number of benzene rings is 2. The summed E-state index contributed by atoms with van der Waals surface area (Å²) >= 11 is 0. The second-order valence-electron chi connectivity index (χ2n) is 5.66. The van der Waals surface area contributed by atoms with Gasteiger partial charge in [0.1, 0.15) is 17.0 Å². The third kappa shape index (κ3) is 4.00. The topological polar surface area (TPSA) is 52.8 Å². The Morgan fingerprint density at radius 2 is 1.73 bits per heavy atom. The zero-order valence-corrected chi connectivity index (χ0v) is 14.8. The first kappa shape index (κ1) is 17.5. The maximum atomic E-state index is 12.7. The average molecular weight is 348 g/mol. The predicted molar refractivity (Wildman–Crippen MR) is 99.4 cm³/mol. The van der Waals surface area contributed by atoms with Gasteiger partial charge in [-0.3, -0.25) is 4.79 Å². The molecule has 5 nitrogen and oxygen atoms in total. The molecule has 0 saturated heterocycles. The van der Waals surface area contributed by atoms with Crippen LogP contribution in [0.5, 0.6) is 11.5 Å². The lowest BCUT2D eigenvalue weighted by Gasteiger charge is -2.09. The molecule has 0 saturated carbocycles. The van der Waals surface area contributed by atoms with Crippen LogP contribution >= 0.6 is 0 Å². The Morgan fingerprint density at radius 3 is 2.46 bits per heavy atom. The van der Waals surface area contributed by atoms with Crippen molar-refractivity contribution in [3.63, 3.8) is 0 Å². The number of pyridine rings is 1. The van der Waals surface area contributed by atoms with Crippen molar-refractivity contribution in [2.45, 2.75) is 6.54 Å². The van der Waals surface area contributed by atoms with Gasteiger partial charge in [-0.15, -0.1) is 0 Å². The Balaban J connectivity index is 1.97. The van der Waals surface area contributed by atoms with Gasteiger partial charge in [-0.05, 0) is 29.8 Å². The smallest absolute Gasteiger partial charge is 0.282 e. The summed E-state index contributed by atoms with van der Waals surface area (Å²) in [6.45, 7) is 0.632.